The molecule has 0 aliphatic rings. The van der Waals surface area contributed by atoms with E-state index in [2.05, 4.69) is 24.2 Å². The van der Waals surface area contributed by atoms with Crippen LogP contribution in [0.15, 0.2) is 4.99 Å². The number of nitro groups is 1. The second-order valence-electron chi connectivity index (χ2n) is 13.0. The molecule has 0 bridgehead atoms. The van der Waals surface area contributed by atoms with Crippen LogP contribution in [0.2, 0.25) is 0 Å². The number of hydrogen-bond acceptors (Lipinski definition) is 6. The first-order valence-electron chi connectivity index (χ1n) is 19.0. The number of carbonyl (C=O) groups excluding carboxylic acids is 2. The molecule has 0 aromatic carbocycles. The zero-order valence-electron chi connectivity index (χ0n) is 29.8. The minimum Gasteiger partial charge on any atom is -0.466 e. The Kier molecular flexibility index (Phi) is 32.2. The summed E-state index contributed by atoms with van der Waals surface area (Å²) in [6.07, 6.45) is 31.0. The van der Waals surface area contributed by atoms with Gasteiger partial charge in [-0.1, -0.05) is 161 Å². The Balaban J connectivity index is 4.21. The van der Waals surface area contributed by atoms with E-state index in [1.54, 1.807) is 0 Å². The number of ether oxygens (including phenoxy) is 1. The Hall–Kier alpha value is -2.39. The van der Waals surface area contributed by atoms with E-state index in [0.717, 1.165) is 32.1 Å². The average Bonchev–Trinajstić information content (AvgIpc) is 3.02. The summed E-state index contributed by atoms with van der Waals surface area (Å²) in [6.45, 7) is 5.70. The van der Waals surface area contributed by atoms with Crippen LogP contribution in [0.1, 0.15) is 187 Å². The maximum Gasteiger partial charge on any atom is 0.306 e. The first-order valence-corrected chi connectivity index (χ1v) is 19.0. The largest absolute Gasteiger partial charge is 0.466 e. The van der Waals surface area contributed by atoms with Gasteiger partial charge >= 0.3 is 5.97 Å². The number of nitrogens with one attached hydrogen (secondary N) is 2. The third-order valence-electron chi connectivity index (χ3n) is 8.57. The van der Waals surface area contributed by atoms with Crippen LogP contribution in [0.4, 0.5) is 0 Å². The van der Waals surface area contributed by atoms with Gasteiger partial charge in [-0.2, -0.15) is 0 Å². The van der Waals surface area contributed by atoms with E-state index >= 15 is 0 Å². The topological polar surface area (TPSA) is 149 Å². The molecule has 0 aromatic heterocycles. The smallest absolute Gasteiger partial charge is 0.306 e. The molecule has 0 saturated carbocycles. The number of nitrogens with two attached hydrogens (primary N) is 1. The number of hydrogen-bond donors (Lipinski definition) is 3. The van der Waals surface area contributed by atoms with Crippen molar-refractivity contribution in [2.75, 3.05) is 19.7 Å². The average molecular weight is 654 g/mol. The number of guanidine groups is 1. The summed E-state index contributed by atoms with van der Waals surface area (Å²) in [5, 5.41) is 12.7. The molecule has 0 radical (unpaired) electrons. The molecule has 0 unspecified atom stereocenters. The highest BCUT2D eigenvalue weighted by molar-refractivity contribution is 5.83. The van der Waals surface area contributed by atoms with Crippen molar-refractivity contribution in [3.8, 4) is 0 Å². The van der Waals surface area contributed by atoms with Crippen LogP contribution in [0, 0.1) is 16.0 Å². The molecule has 0 saturated heterocycles. The Morgan fingerprint density at radius 3 is 1.59 bits per heavy atom. The lowest BCUT2D eigenvalue weighted by atomic mass is 9.98. The van der Waals surface area contributed by atoms with Crippen molar-refractivity contribution >= 4 is 17.8 Å². The van der Waals surface area contributed by atoms with Crippen molar-refractivity contribution in [1.29, 1.82) is 0 Å². The summed E-state index contributed by atoms with van der Waals surface area (Å²) in [6, 6.07) is 0. The van der Waals surface area contributed by atoms with Gasteiger partial charge < -0.3 is 15.8 Å². The van der Waals surface area contributed by atoms with Gasteiger partial charge in [0.2, 0.25) is 5.91 Å². The molecule has 0 fully saturated rings. The van der Waals surface area contributed by atoms with E-state index in [1.807, 2.05) is 5.43 Å². The van der Waals surface area contributed by atoms with Crippen LogP contribution in [0.25, 0.3) is 0 Å². The number of hydrazine groups is 1. The van der Waals surface area contributed by atoms with Crippen LogP contribution in [0.5, 0.6) is 0 Å². The number of carbonyl (C=O) groups is 2. The van der Waals surface area contributed by atoms with Crippen molar-refractivity contribution in [3.63, 3.8) is 0 Å². The van der Waals surface area contributed by atoms with E-state index in [4.69, 9.17) is 10.5 Å². The molecule has 0 spiro atoms. The fourth-order valence-corrected chi connectivity index (χ4v) is 5.70. The molecule has 270 valence electrons. The van der Waals surface area contributed by atoms with E-state index in [9.17, 15) is 19.7 Å². The lowest BCUT2D eigenvalue weighted by Gasteiger charge is -2.16. The quantitative estimate of drug-likeness (QED) is 0.0157. The Bertz CT molecular complexity index is 765. The first kappa shape index (κ1) is 43.6. The predicted octanol–water partition coefficient (Wildman–Crippen LogP) is 8.93. The molecule has 10 nitrogen and oxygen atoms in total. The predicted molar refractivity (Wildman–Crippen MR) is 190 cm³/mol. The number of unbranched alkanes of at least 4 members (excludes halogenated alkanes) is 22. The fraction of sp³-hybridized carbons (Fsp3) is 0.917. The lowest BCUT2D eigenvalue weighted by Crippen LogP contribution is -2.36. The number of nitrogens with zero attached hydrogens (tertiary/aromatic N) is 2. The van der Waals surface area contributed by atoms with E-state index in [0.29, 0.717) is 26.0 Å². The number of amides is 1. The molecule has 0 rings (SSSR count). The second kappa shape index (κ2) is 34.0. The third kappa shape index (κ3) is 31.6. The Labute approximate surface area is 281 Å². The third-order valence-corrected chi connectivity index (χ3v) is 8.57. The highest BCUT2D eigenvalue weighted by atomic mass is 16.7. The molecule has 0 aliphatic carbocycles. The summed E-state index contributed by atoms with van der Waals surface area (Å²) in [4.78, 5) is 39.9. The SMILES string of the molecule is CCCCCCCCCCCCCCCCOC(=O)C[C@@H](CCCN=C(N)N[N+](=O)[O-])C(=O)NCCCCCCCCCCCC. The van der Waals surface area contributed by atoms with Gasteiger partial charge in [0.1, 0.15) is 0 Å². The monoisotopic (exact) mass is 654 g/mol. The van der Waals surface area contributed by atoms with E-state index in [-0.39, 0.29) is 30.8 Å². The zero-order chi connectivity index (χ0) is 33.9. The molecule has 0 heterocycles. The standard InChI is InChI=1S/C36H71N5O5/c1-3-5-7-9-11-13-15-16-17-18-20-22-24-26-31-46-34(42)32-33(28-27-30-39-36(37)40-41(44)45)35(43)38-29-25-23-21-19-14-12-10-8-6-4-2/h33H,3-32H2,1-2H3,(H,38,43)(H3,37,39,40)/t33-/m1/s1. The van der Waals surface area contributed by atoms with Crippen molar-refractivity contribution in [3.05, 3.63) is 10.1 Å². The summed E-state index contributed by atoms with van der Waals surface area (Å²) in [7, 11) is 0. The van der Waals surface area contributed by atoms with Crippen LogP contribution in [-0.4, -0.2) is 42.6 Å². The van der Waals surface area contributed by atoms with Crippen molar-refractivity contribution in [2.45, 2.75) is 187 Å². The molecule has 0 aromatic rings. The minimum atomic E-state index is -0.767. The maximum absolute atomic E-state index is 12.9. The normalized spacial score (nSPS) is 12.2. The molecule has 0 aliphatic heterocycles. The molecule has 1 atom stereocenters. The zero-order valence-corrected chi connectivity index (χ0v) is 29.8. The summed E-state index contributed by atoms with van der Waals surface area (Å²) >= 11 is 0. The summed E-state index contributed by atoms with van der Waals surface area (Å²) in [5.41, 5.74) is 7.28. The van der Waals surface area contributed by atoms with Gasteiger partial charge in [-0.3, -0.25) is 9.59 Å². The van der Waals surface area contributed by atoms with Crippen molar-refractivity contribution in [1.82, 2.24) is 10.7 Å². The Morgan fingerprint density at radius 1 is 0.696 bits per heavy atom. The van der Waals surface area contributed by atoms with Gasteiger partial charge in [0.15, 0.2) is 5.03 Å². The number of aliphatic imine (C=N–C) groups is 1. The van der Waals surface area contributed by atoms with Crippen LogP contribution in [0.3, 0.4) is 0 Å². The summed E-state index contributed by atoms with van der Waals surface area (Å²) < 4.78 is 5.48. The molecule has 46 heavy (non-hydrogen) atoms. The van der Waals surface area contributed by atoms with Gasteiger partial charge in [0.05, 0.1) is 13.0 Å². The van der Waals surface area contributed by atoms with Crippen LogP contribution < -0.4 is 16.5 Å². The van der Waals surface area contributed by atoms with Crippen molar-refractivity contribution in [2.24, 2.45) is 16.6 Å². The van der Waals surface area contributed by atoms with Gasteiger partial charge in [-0.05, 0) is 25.7 Å². The molecule has 1 amide bonds. The highest BCUT2D eigenvalue weighted by Gasteiger charge is 2.22. The van der Waals surface area contributed by atoms with Crippen molar-refractivity contribution < 1.29 is 19.4 Å². The highest BCUT2D eigenvalue weighted by Crippen LogP contribution is 2.16. The Morgan fingerprint density at radius 2 is 1.13 bits per heavy atom. The van der Waals surface area contributed by atoms with Gasteiger partial charge in [-0.25, -0.2) is 15.1 Å². The number of esters is 1. The van der Waals surface area contributed by atoms with E-state index < -0.39 is 11.0 Å². The van der Waals surface area contributed by atoms with Gasteiger partial charge in [0.25, 0.3) is 5.96 Å². The molecule has 10 heteroatoms. The lowest BCUT2D eigenvalue weighted by molar-refractivity contribution is -0.525. The second-order valence-corrected chi connectivity index (χ2v) is 13.0. The van der Waals surface area contributed by atoms with Gasteiger partial charge in [0, 0.05) is 19.0 Å². The number of rotatable bonds is 34. The van der Waals surface area contributed by atoms with Crippen LogP contribution >= 0.6 is 0 Å². The van der Waals surface area contributed by atoms with Gasteiger partial charge in [-0.15, -0.1) is 0 Å². The molecular formula is C36H71N5O5. The minimum absolute atomic E-state index is 0.0226. The molecule has 4 N–H and O–H groups in total. The summed E-state index contributed by atoms with van der Waals surface area (Å²) in [5.74, 6) is -1.30. The maximum atomic E-state index is 12.9. The fourth-order valence-electron chi connectivity index (χ4n) is 5.70. The first-order chi connectivity index (χ1) is 22.4. The van der Waals surface area contributed by atoms with Crippen LogP contribution in [-0.2, 0) is 14.3 Å². The molecular weight excluding hydrogens is 582 g/mol. The van der Waals surface area contributed by atoms with E-state index in [1.165, 1.54) is 122 Å².